The lowest BCUT2D eigenvalue weighted by Crippen LogP contribution is -2.49. The van der Waals surface area contributed by atoms with Gasteiger partial charge in [-0.3, -0.25) is 4.79 Å². The Bertz CT molecular complexity index is 751. The molecule has 1 fully saturated rings. The molecule has 2 unspecified atom stereocenters. The largest absolute Gasteiger partial charge is 0.478 e. The van der Waals surface area contributed by atoms with Crippen LogP contribution in [0.1, 0.15) is 32.6 Å². The summed E-state index contributed by atoms with van der Waals surface area (Å²) in [4.78, 5) is 35.7. The lowest BCUT2D eigenvalue weighted by molar-refractivity contribution is -0.134. The number of hydrogen-bond acceptors (Lipinski definition) is 4. The number of rotatable bonds is 6. The lowest BCUT2D eigenvalue weighted by atomic mass is 10.1. The maximum absolute atomic E-state index is 12.5. The molecule has 0 radical (unpaired) electrons. The Morgan fingerprint density at radius 1 is 1.03 bits per heavy atom. The van der Waals surface area contributed by atoms with Crippen LogP contribution in [-0.2, 0) is 14.4 Å². The van der Waals surface area contributed by atoms with Crippen molar-refractivity contribution in [1.29, 1.82) is 0 Å². The summed E-state index contributed by atoms with van der Waals surface area (Å²) in [5, 5.41) is 16.6. The van der Waals surface area contributed by atoms with Crippen molar-refractivity contribution in [2.45, 2.75) is 44.7 Å². The second kappa shape index (κ2) is 11.8. The Morgan fingerprint density at radius 3 is 2.03 bits per heavy atom. The first-order chi connectivity index (χ1) is 13.6. The van der Waals surface area contributed by atoms with Gasteiger partial charge in [0.05, 0.1) is 16.1 Å². The zero-order valence-electron chi connectivity index (χ0n) is 16.6. The Labute approximate surface area is 180 Å². The smallest absolute Gasteiger partial charge is 0.328 e. The third kappa shape index (κ3) is 7.68. The molecule has 2 rings (SSSR count). The Morgan fingerprint density at radius 2 is 1.59 bits per heavy atom. The minimum absolute atomic E-state index is 0.132. The van der Waals surface area contributed by atoms with E-state index in [-0.39, 0.29) is 11.9 Å². The van der Waals surface area contributed by atoms with Gasteiger partial charge >= 0.3 is 11.9 Å². The van der Waals surface area contributed by atoms with Crippen LogP contribution < -0.4 is 4.90 Å². The number of anilines is 1. The van der Waals surface area contributed by atoms with E-state index >= 15 is 0 Å². The molecule has 160 valence electrons. The first-order valence-corrected chi connectivity index (χ1v) is 9.91. The third-order valence-electron chi connectivity index (χ3n) is 4.56. The van der Waals surface area contributed by atoms with Crippen LogP contribution in [-0.4, -0.2) is 59.1 Å². The SMILES string of the molecule is CCC(=O)N(c1ccc(Cl)c(Cl)c1)C1CCCC1N(C)C.O=C(O)/C=C/C(=O)O. The van der Waals surface area contributed by atoms with E-state index in [0.717, 1.165) is 24.9 Å². The number of benzene rings is 1. The molecule has 1 aromatic rings. The van der Waals surface area contributed by atoms with Gasteiger partial charge in [-0.2, -0.15) is 0 Å². The second-order valence-electron chi connectivity index (χ2n) is 6.75. The van der Waals surface area contributed by atoms with Gasteiger partial charge in [-0.15, -0.1) is 0 Å². The van der Waals surface area contributed by atoms with Crippen LogP contribution in [0.15, 0.2) is 30.4 Å². The first kappa shape index (κ1) is 24.9. The van der Waals surface area contributed by atoms with E-state index in [1.807, 2.05) is 17.9 Å². The number of halogens is 2. The molecule has 29 heavy (non-hydrogen) atoms. The number of likely N-dealkylation sites (N-methyl/N-ethyl adjacent to an activating group) is 1. The average Bonchev–Trinajstić information content (AvgIpc) is 3.13. The van der Waals surface area contributed by atoms with E-state index < -0.39 is 11.9 Å². The minimum Gasteiger partial charge on any atom is -0.478 e. The molecule has 0 heterocycles. The molecule has 0 saturated heterocycles. The van der Waals surface area contributed by atoms with Crippen molar-refractivity contribution in [3.8, 4) is 0 Å². The Hall–Kier alpha value is -2.09. The summed E-state index contributed by atoms with van der Waals surface area (Å²) in [5.74, 6) is -2.38. The van der Waals surface area contributed by atoms with Crippen molar-refractivity contribution in [3.63, 3.8) is 0 Å². The number of aliphatic carboxylic acids is 2. The summed E-state index contributed by atoms with van der Waals surface area (Å²) in [7, 11) is 4.15. The number of hydrogen-bond donors (Lipinski definition) is 2. The van der Waals surface area contributed by atoms with Gasteiger partial charge in [-0.25, -0.2) is 9.59 Å². The minimum atomic E-state index is -1.26. The molecule has 1 aromatic carbocycles. The van der Waals surface area contributed by atoms with Crippen LogP contribution in [0.3, 0.4) is 0 Å². The molecule has 9 heteroatoms. The molecule has 7 nitrogen and oxygen atoms in total. The van der Waals surface area contributed by atoms with Crippen LogP contribution >= 0.6 is 23.2 Å². The Kier molecular flexibility index (Phi) is 10.2. The first-order valence-electron chi connectivity index (χ1n) is 9.15. The highest BCUT2D eigenvalue weighted by molar-refractivity contribution is 6.42. The van der Waals surface area contributed by atoms with E-state index in [1.54, 1.807) is 12.1 Å². The molecule has 2 N–H and O–H groups in total. The molecule has 0 aliphatic heterocycles. The fourth-order valence-electron chi connectivity index (χ4n) is 3.29. The summed E-state index contributed by atoms with van der Waals surface area (Å²) in [5.41, 5.74) is 0.843. The highest BCUT2D eigenvalue weighted by Gasteiger charge is 2.36. The second-order valence-corrected chi connectivity index (χ2v) is 7.57. The normalized spacial score (nSPS) is 18.4. The number of amides is 1. The van der Waals surface area contributed by atoms with Crippen molar-refractivity contribution in [2.75, 3.05) is 19.0 Å². The maximum atomic E-state index is 12.5. The van der Waals surface area contributed by atoms with Gasteiger partial charge in [0.25, 0.3) is 0 Å². The highest BCUT2D eigenvalue weighted by Crippen LogP contribution is 2.34. The predicted octanol–water partition coefficient (Wildman–Crippen LogP) is 3.93. The fourth-order valence-corrected chi connectivity index (χ4v) is 3.58. The summed E-state index contributed by atoms with van der Waals surface area (Å²) in [6.45, 7) is 1.90. The summed E-state index contributed by atoms with van der Waals surface area (Å²) >= 11 is 12.1. The summed E-state index contributed by atoms with van der Waals surface area (Å²) in [6, 6.07) is 6.02. The van der Waals surface area contributed by atoms with Gasteiger partial charge in [0, 0.05) is 30.3 Å². The number of carboxylic acids is 2. The molecule has 2 atom stereocenters. The molecule has 0 spiro atoms. The van der Waals surface area contributed by atoms with Crippen LogP contribution in [0, 0.1) is 0 Å². The van der Waals surface area contributed by atoms with Crippen LogP contribution in [0.2, 0.25) is 10.0 Å². The standard InChI is InChI=1S/C16H22Cl2N2O.C4H4O4/c1-4-16(21)20(11-8-9-12(17)13(18)10-11)15-7-5-6-14(15)19(2)3;5-3(6)1-2-4(7)8/h8-10,14-15H,4-7H2,1-3H3;1-2H,(H,5,6)(H,7,8)/b;2-1+. The van der Waals surface area contributed by atoms with E-state index in [4.69, 9.17) is 33.4 Å². The fraction of sp³-hybridized carbons (Fsp3) is 0.450. The topological polar surface area (TPSA) is 98.2 Å². The lowest BCUT2D eigenvalue weighted by Gasteiger charge is -2.36. The monoisotopic (exact) mass is 444 g/mol. The predicted molar refractivity (Wildman–Crippen MR) is 114 cm³/mol. The Balaban J connectivity index is 0.000000447. The van der Waals surface area contributed by atoms with Gasteiger partial charge in [-0.1, -0.05) is 30.1 Å². The van der Waals surface area contributed by atoms with Crippen LogP contribution in [0.5, 0.6) is 0 Å². The van der Waals surface area contributed by atoms with Crippen molar-refractivity contribution in [3.05, 3.63) is 40.4 Å². The molecule has 1 aliphatic carbocycles. The molecule has 1 amide bonds. The zero-order valence-corrected chi connectivity index (χ0v) is 18.2. The van der Waals surface area contributed by atoms with Gasteiger partial charge < -0.3 is 20.0 Å². The number of nitrogens with zero attached hydrogens (tertiary/aromatic N) is 2. The van der Waals surface area contributed by atoms with E-state index in [9.17, 15) is 14.4 Å². The highest BCUT2D eigenvalue weighted by atomic mass is 35.5. The molecular weight excluding hydrogens is 419 g/mol. The molecule has 0 bridgehead atoms. The number of carbonyl (C=O) groups excluding carboxylic acids is 1. The molecule has 1 aliphatic rings. The van der Waals surface area contributed by atoms with E-state index in [2.05, 4.69) is 19.0 Å². The average molecular weight is 445 g/mol. The van der Waals surface area contributed by atoms with Gasteiger partial charge in [-0.05, 0) is 51.6 Å². The zero-order chi connectivity index (χ0) is 22.1. The molecular formula is C20H26Cl2N2O5. The number of carbonyl (C=O) groups is 3. The van der Waals surface area contributed by atoms with Crippen molar-refractivity contribution in [1.82, 2.24) is 4.90 Å². The van der Waals surface area contributed by atoms with Crippen LogP contribution in [0.25, 0.3) is 0 Å². The van der Waals surface area contributed by atoms with E-state index in [0.29, 0.717) is 34.7 Å². The van der Waals surface area contributed by atoms with Crippen molar-refractivity contribution < 1.29 is 24.6 Å². The molecule has 1 saturated carbocycles. The number of carboxylic acid groups (broad SMARTS) is 2. The quantitative estimate of drug-likeness (QED) is 0.644. The molecule has 0 aromatic heterocycles. The summed E-state index contributed by atoms with van der Waals surface area (Å²) < 4.78 is 0. The van der Waals surface area contributed by atoms with E-state index in [1.165, 1.54) is 0 Å². The van der Waals surface area contributed by atoms with Crippen molar-refractivity contribution in [2.24, 2.45) is 0 Å². The summed E-state index contributed by atoms with van der Waals surface area (Å²) in [6.07, 6.45) is 4.88. The van der Waals surface area contributed by atoms with Gasteiger partial charge in [0.1, 0.15) is 0 Å². The van der Waals surface area contributed by atoms with Gasteiger partial charge in [0.2, 0.25) is 5.91 Å². The van der Waals surface area contributed by atoms with Gasteiger partial charge in [0.15, 0.2) is 0 Å². The third-order valence-corrected chi connectivity index (χ3v) is 5.30. The van der Waals surface area contributed by atoms with Crippen molar-refractivity contribution >= 4 is 46.7 Å². The van der Waals surface area contributed by atoms with Crippen LogP contribution in [0.4, 0.5) is 5.69 Å². The maximum Gasteiger partial charge on any atom is 0.328 e.